The van der Waals surface area contributed by atoms with Crippen LogP contribution >= 0.6 is 35.3 Å². The standard InChI is InChI=1S/C31H24N4O2S3/c1-19-10-15-25-26(16-19)40-29(34-25)20-11-13-23(14-12-20)35-28(36)18-27(30(35)37)39-24-9-5-8-22(17-24)33-31(38)32-21-6-3-2-4-7-21/h2-17,27H,18H2,1H3,(H2,32,33,38). The molecule has 2 N–H and O–H groups in total. The second kappa shape index (κ2) is 11.2. The van der Waals surface area contributed by atoms with E-state index in [2.05, 4.69) is 29.7 Å². The lowest BCUT2D eigenvalue weighted by Crippen LogP contribution is -2.31. The first-order chi connectivity index (χ1) is 19.4. The van der Waals surface area contributed by atoms with E-state index < -0.39 is 5.25 Å². The maximum absolute atomic E-state index is 13.3. The molecule has 5 aromatic rings. The van der Waals surface area contributed by atoms with Crippen LogP contribution in [0.2, 0.25) is 0 Å². The Morgan fingerprint density at radius 1 is 0.925 bits per heavy atom. The van der Waals surface area contributed by atoms with Gasteiger partial charge in [0.1, 0.15) is 5.01 Å². The molecule has 0 bridgehead atoms. The van der Waals surface area contributed by atoms with E-state index >= 15 is 0 Å². The summed E-state index contributed by atoms with van der Waals surface area (Å²) in [6, 6.07) is 31.0. The van der Waals surface area contributed by atoms with Gasteiger partial charge in [0.2, 0.25) is 11.8 Å². The Labute approximate surface area is 245 Å². The number of anilines is 3. The number of amides is 2. The predicted molar refractivity (Wildman–Crippen MR) is 169 cm³/mol. The van der Waals surface area contributed by atoms with Gasteiger partial charge in [0.05, 0.1) is 21.2 Å². The van der Waals surface area contributed by atoms with Crippen molar-refractivity contribution in [2.24, 2.45) is 0 Å². The third-order valence-electron chi connectivity index (χ3n) is 6.42. The molecular weight excluding hydrogens is 557 g/mol. The molecule has 9 heteroatoms. The van der Waals surface area contributed by atoms with Crippen LogP contribution in [-0.2, 0) is 9.59 Å². The van der Waals surface area contributed by atoms with Gasteiger partial charge < -0.3 is 10.6 Å². The summed E-state index contributed by atoms with van der Waals surface area (Å²) >= 11 is 8.45. The largest absolute Gasteiger partial charge is 0.332 e. The number of nitrogens with zero attached hydrogens (tertiary/aromatic N) is 2. The summed E-state index contributed by atoms with van der Waals surface area (Å²) in [5.74, 6) is -0.411. The number of rotatable bonds is 6. The van der Waals surface area contributed by atoms with Crippen LogP contribution in [0.15, 0.2) is 102 Å². The van der Waals surface area contributed by atoms with Gasteiger partial charge in [-0.1, -0.05) is 30.3 Å². The van der Waals surface area contributed by atoms with Crippen LogP contribution in [0.25, 0.3) is 20.8 Å². The van der Waals surface area contributed by atoms with Gasteiger partial charge in [-0.15, -0.1) is 23.1 Å². The topological polar surface area (TPSA) is 74.3 Å². The lowest BCUT2D eigenvalue weighted by atomic mass is 10.2. The Morgan fingerprint density at radius 3 is 2.48 bits per heavy atom. The number of hydrogen-bond acceptors (Lipinski definition) is 6. The van der Waals surface area contributed by atoms with Crippen molar-refractivity contribution in [3.8, 4) is 10.6 Å². The van der Waals surface area contributed by atoms with Gasteiger partial charge in [0.15, 0.2) is 5.11 Å². The highest BCUT2D eigenvalue weighted by Gasteiger charge is 2.40. The molecule has 1 aromatic heterocycles. The Kier molecular flexibility index (Phi) is 7.34. The molecule has 198 valence electrons. The molecule has 1 aliphatic heterocycles. The minimum atomic E-state index is -0.496. The Hall–Kier alpha value is -4.05. The van der Waals surface area contributed by atoms with Crippen molar-refractivity contribution in [2.75, 3.05) is 15.5 Å². The van der Waals surface area contributed by atoms with Gasteiger partial charge in [-0.25, -0.2) is 9.88 Å². The van der Waals surface area contributed by atoms with Crippen molar-refractivity contribution in [2.45, 2.75) is 23.5 Å². The highest BCUT2D eigenvalue weighted by molar-refractivity contribution is 8.00. The Bertz CT molecular complexity index is 1740. The first kappa shape index (κ1) is 26.2. The molecule has 0 saturated carbocycles. The number of aryl methyl sites for hydroxylation is 1. The lowest BCUT2D eigenvalue weighted by Gasteiger charge is -2.15. The molecule has 4 aromatic carbocycles. The maximum Gasteiger partial charge on any atom is 0.247 e. The summed E-state index contributed by atoms with van der Waals surface area (Å²) in [6.07, 6.45) is 0.147. The minimum Gasteiger partial charge on any atom is -0.332 e. The fourth-order valence-electron chi connectivity index (χ4n) is 4.50. The zero-order valence-corrected chi connectivity index (χ0v) is 23.9. The van der Waals surface area contributed by atoms with E-state index in [0.717, 1.165) is 37.1 Å². The van der Waals surface area contributed by atoms with Crippen LogP contribution in [0.4, 0.5) is 17.1 Å². The summed E-state index contributed by atoms with van der Waals surface area (Å²) in [7, 11) is 0. The molecule has 0 aliphatic carbocycles. The van der Waals surface area contributed by atoms with Crippen molar-refractivity contribution < 1.29 is 9.59 Å². The number of thiocarbonyl (C=S) groups is 1. The number of carbonyl (C=O) groups excluding carboxylic acids is 2. The molecular formula is C31H24N4O2S3. The van der Waals surface area contributed by atoms with Crippen molar-refractivity contribution in [1.82, 2.24) is 4.98 Å². The third kappa shape index (κ3) is 5.62. The van der Waals surface area contributed by atoms with Crippen LogP contribution in [-0.4, -0.2) is 27.2 Å². The van der Waals surface area contributed by atoms with Crippen LogP contribution in [0.1, 0.15) is 12.0 Å². The normalized spacial score (nSPS) is 15.0. The molecule has 1 saturated heterocycles. The molecule has 1 aliphatic rings. The van der Waals surface area contributed by atoms with E-state index in [0.29, 0.717) is 10.8 Å². The van der Waals surface area contributed by atoms with Crippen LogP contribution in [0, 0.1) is 6.92 Å². The predicted octanol–water partition coefficient (Wildman–Crippen LogP) is 7.50. The second-order valence-electron chi connectivity index (χ2n) is 9.39. The Morgan fingerprint density at radius 2 is 1.68 bits per heavy atom. The zero-order chi connectivity index (χ0) is 27.6. The number of nitrogens with one attached hydrogen (secondary N) is 2. The number of thioether (sulfide) groups is 1. The summed E-state index contributed by atoms with van der Waals surface area (Å²) in [6.45, 7) is 2.07. The number of hydrogen-bond donors (Lipinski definition) is 2. The van der Waals surface area contributed by atoms with Crippen molar-refractivity contribution in [1.29, 1.82) is 0 Å². The summed E-state index contributed by atoms with van der Waals surface area (Å²) < 4.78 is 1.14. The molecule has 6 nitrogen and oxygen atoms in total. The number of para-hydroxylation sites is 1. The van der Waals surface area contributed by atoms with Crippen molar-refractivity contribution in [3.05, 3.63) is 103 Å². The van der Waals surface area contributed by atoms with Gasteiger partial charge in [-0.3, -0.25) is 9.59 Å². The average Bonchev–Trinajstić information content (AvgIpc) is 3.49. The number of carbonyl (C=O) groups is 2. The average molecular weight is 581 g/mol. The molecule has 1 unspecified atom stereocenters. The fraction of sp³-hybridized carbons (Fsp3) is 0.0968. The zero-order valence-electron chi connectivity index (χ0n) is 21.5. The van der Waals surface area contributed by atoms with Crippen molar-refractivity contribution >= 4 is 79.5 Å². The fourth-order valence-corrected chi connectivity index (χ4v) is 6.92. The van der Waals surface area contributed by atoms with E-state index in [4.69, 9.17) is 17.2 Å². The molecule has 6 rings (SSSR count). The summed E-state index contributed by atoms with van der Waals surface area (Å²) in [4.78, 5) is 33.1. The number of aromatic nitrogens is 1. The monoisotopic (exact) mass is 580 g/mol. The number of thiazole rings is 1. The SMILES string of the molecule is Cc1ccc2nc(-c3ccc(N4C(=O)CC(Sc5cccc(NC(=S)Nc6ccccc6)c5)C4=O)cc3)sc2c1. The molecule has 2 amide bonds. The van der Waals surface area contributed by atoms with Gasteiger partial charge in [0.25, 0.3) is 0 Å². The van der Waals surface area contributed by atoms with Gasteiger partial charge in [-0.05, 0) is 91.4 Å². The number of imide groups is 1. The quantitative estimate of drug-likeness (QED) is 0.159. The highest BCUT2D eigenvalue weighted by atomic mass is 32.2. The molecule has 1 fully saturated rings. The first-order valence-corrected chi connectivity index (χ1v) is 14.8. The molecule has 1 atom stereocenters. The minimum absolute atomic E-state index is 0.147. The maximum atomic E-state index is 13.3. The van der Waals surface area contributed by atoms with Gasteiger partial charge in [-0.2, -0.15) is 0 Å². The summed E-state index contributed by atoms with van der Waals surface area (Å²) in [5, 5.41) is 7.21. The van der Waals surface area contributed by atoms with E-state index in [1.807, 2.05) is 84.9 Å². The molecule has 0 spiro atoms. The second-order valence-corrected chi connectivity index (χ2v) is 12.1. The van der Waals surface area contributed by atoms with Crippen LogP contribution < -0.4 is 15.5 Å². The molecule has 2 heterocycles. The Balaban J connectivity index is 1.12. The van der Waals surface area contributed by atoms with Gasteiger partial charge in [0, 0.05) is 28.3 Å². The summed E-state index contributed by atoms with van der Waals surface area (Å²) in [5.41, 5.74) is 5.38. The van der Waals surface area contributed by atoms with Crippen LogP contribution in [0.3, 0.4) is 0 Å². The van der Waals surface area contributed by atoms with Crippen LogP contribution in [0.5, 0.6) is 0 Å². The number of benzene rings is 4. The third-order valence-corrected chi connectivity index (χ3v) is 8.87. The first-order valence-electron chi connectivity index (χ1n) is 12.7. The molecule has 40 heavy (non-hydrogen) atoms. The van der Waals surface area contributed by atoms with E-state index in [1.165, 1.54) is 22.2 Å². The lowest BCUT2D eigenvalue weighted by molar-refractivity contribution is -0.121. The van der Waals surface area contributed by atoms with E-state index in [9.17, 15) is 9.59 Å². The van der Waals surface area contributed by atoms with Crippen molar-refractivity contribution in [3.63, 3.8) is 0 Å². The molecule has 0 radical (unpaired) electrons. The smallest absolute Gasteiger partial charge is 0.247 e. The van der Waals surface area contributed by atoms with Gasteiger partial charge >= 0.3 is 0 Å². The van der Waals surface area contributed by atoms with E-state index in [-0.39, 0.29) is 18.2 Å². The van der Waals surface area contributed by atoms with E-state index in [1.54, 1.807) is 11.3 Å². The highest BCUT2D eigenvalue weighted by Crippen LogP contribution is 2.36. The number of fused-ring (bicyclic) bond motifs is 1.